The van der Waals surface area contributed by atoms with Crippen LogP contribution in [0.25, 0.3) is 0 Å². The lowest BCUT2D eigenvalue weighted by Gasteiger charge is -2.10. The van der Waals surface area contributed by atoms with Crippen LogP contribution in [0.1, 0.15) is 6.92 Å². The maximum Gasteiger partial charge on any atom is 0.132 e. The smallest absolute Gasteiger partial charge is 0.132 e. The molecule has 0 saturated carbocycles. The average molecular weight is 198 g/mol. The van der Waals surface area contributed by atoms with Crippen LogP contribution in [0, 0.1) is 0 Å². The first kappa shape index (κ1) is 10.4. The van der Waals surface area contributed by atoms with Gasteiger partial charge in [-0.15, -0.1) is 11.8 Å². The highest BCUT2D eigenvalue weighted by molar-refractivity contribution is 7.98. The molecule has 0 spiro atoms. The van der Waals surface area contributed by atoms with Gasteiger partial charge in [-0.1, -0.05) is 12.1 Å². The Morgan fingerprint density at radius 1 is 1.46 bits per heavy atom. The molecule has 0 aliphatic carbocycles. The molecule has 1 aromatic rings. The van der Waals surface area contributed by atoms with E-state index in [0.29, 0.717) is 6.61 Å². The van der Waals surface area contributed by atoms with Crippen LogP contribution < -0.4 is 4.74 Å². The summed E-state index contributed by atoms with van der Waals surface area (Å²) >= 11 is 1.64. The van der Waals surface area contributed by atoms with Crippen LogP contribution in [0.3, 0.4) is 0 Å². The van der Waals surface area contributed by atoms with E-state index in [2.05, 4.69) is 0 Å². The summed E-state index contributed by atoms with van der Waals surface area (Å²) < 4.78 is 5.42. The molecule has 1 aromatic carbocycles. The van der Waals surface area contributed by atoms with Crippen molar-refractivity contribution in [2.24, 2.45) is 0 Å². The maximum atomic E-state index is 9.05. The van der Waals surface area contributed by atoms with Crippen molar-refractivity contribution in [2.45, 2.75) is 17.9 Å². The third-order valence-electron chi connectivity index (χ3n) is 1.55. The molecule has 0 aromatic heterocycles. The monoisotopic (exact) mass is 198 g/mol. The molecular weight excluding hydrogens is 184 g/mol. The van der Waals surface area contributed by atoms with Crippen molar-refractivity contribution >= 4 is 11.8 Å². The van der Waals surface area contributed by atoms with Crippen molar-refractivity contribution in [1.82, 2.24) is 0 Å². The third kappa shape index (κ3) is 3.28. The largest absolute Gasteiger partial charge is 0.490 e. The molecule has 1 N–H and O–H groups in total. The van der Waals surface area contributed by atoms with Crippen LogP contribution in [0.5, 0.6) is 5.75 Å². The summed E-state index contributed by atoms with van der Waals surface area (Å²) in [6, 6.07) is 7.81. The minimum Gasteiger partial charge on any atom is -0.490 e. The molecule has 0 unspecified atom stereocenters. The van der Waals surface area contributed by atoms with E-state index in [1.165, 1.54) is 0 Å². The van der Waals surface area contributed by atoms with Gasteiger partial charge in [0.15, 0.2) is 0 Å². The van der Waals surface area contributed by atoms with Gasteiger partial charge in [0.25, 0.3) is 0 Å². The second-order valence-corrected chi connectivity index (χ2v) is 3.66. The van der Waals surface area contributed by atoms with Crippen molar-refractivity contribution < 1.29 is 9.84 Å². The highest BCUT2D eigenvalue weighted by atomic mass is 32.2. The van der Waals surface area contributed by atoms with Crippen LogP contribution >= 0.6 is 11.8 Å². The fourth-order valence-corrected chi connectivity index (χ4v) is 1.49. The van der Waals surface area contributed by atoms with Crippen molar-refractivity contribution in [3.63, 3.8) is 0 Å². The Balaban J connectivity index is 2.64. The molecular formula is C10H14O2S. The van der Waals surface area contributed by atoms with Gasteiger partial charge in [0, 0.05) is 4.90 Å². The minimum absolute atomic E-state index is 0.345. The molecule has 0 heterocycles. The molecule has 3 heteroatoms. The number of aliphatic hydroxyl groups excluding tert-OH is 1. The second-order valence-electron chi connectivity index (χ2n) is 2.81. The van der Waals surface area contributed by atoms with E-state index >= 15 is 0 Å². The standard InChI is InChI=1S/C10H14O2S/c1-8(11)7-12-9-5-3-4-6-10(9)13-2/h3-6,8,11H,7H2,1-2H3/t8-/m1/s1. The molecule has 0 amide bonds. The zero-order valence-corrected chi connectivity index (χ0v) is 8.67. The topological polar surface area (TPSA) is 29.5 Å². The normalized spacial score (nSPS) is 12.5. The summed E-state index contributed by atoms with van der Waals surface area (Å²) in [5.41, 5.74) is 0. The molecule has 1 atom stereocenters. The van der Waals surface area contributed by atoms with Crippen molar-refractivity contribution in [2.75, 3.05) is 12.9 Å². The van der Waals surface area contributed by atoms with E-state index in [-0.39, 0.29) is 0 Å². The molecule has 1 rings (SSSR count). The lowest BCUT2D eigenvalue weighted by molar-refractivity contribution is 0.121. The first-order valence-electron chi connectivity index (χ1n) is 4.18. The van der Waals surface area contributed by atoms with E-state index in [1.54, 1.807) is 18.7 Å². The zero-order chi connectivity index (χ0) is 9.68. The Morgan fingerprint density at radius 3 is 2.77 bits per heavy atom. The number of para-hydroxylation sites is 1. The molecule has 0 saturated heterocycles. The Bertz CT molecular complexity index is 261. The third-order valence-corrected chi connectivity index (χ3v) is 2.33. The summed E-state index contributed by atoms with van der Waals surface area (Å²) in [5, 5.41) is 9.05. The van der Waals surface area contributed by atoms with Gasteiger partial charge in [-0.2, -0.15) is 0 Å². The molecule has 13 heavy (non-hydrogen) atoms. The lowest BCUT2D eigenvalue weighted by atomic mass is 10.3. The van der Waals surface area contributed by atoms with Crippen LogP contribution in [-0.2, 0) is 0 Å². The summed E-state index contributed by atoms with van der Waals surface area (Å²) in [6.07, 6.45) is 1.58. The predicted octanol–water partition coefficient (Wildman–Crippen LogP) is 2.17. The Morgan fingerprint density at radius 2 is 2.15 bits per heavy atom. The Hall–Kier alpha value is -0.670. The van der Waals surface area contributed by atoms with Crippen LogP contribution in [0.15, 0.2) is 29.2 Å². The number of benzene rings is 1. The predicted molar refractivity (Wildman–Crippen MR) is 55.4 cm³/mol. The van der Waals surface area contributed by atoms with Gasteiger partial charge < -0.3 is 9.84 Å². The van der Waals surface area contributed by atoms with Gasteiger partial charge in [-0.05, 0) is 25.3 Å². The fraction of sp³-hybridized carbons (Fsp3) is 0.400. The van der Waals surface area contributed by atoms with E-state index in [0.717, 1.165) is 10.6 Å². The number of hydrogen-bond acceptors (Lipinski definition) is 3. The van der Waals surface area contributed by atoms with Gasteiger partial charge >= 0.3 is 0 Å². The number of aliphatic hydroxyl groups is 1. The molecule has 0 aliphatic rings. The van der Waals surface area contributed by atoms with Gasteiger partial charge in [-0.3, -0.25) is 0 Å². The highest BCUT2D eigenvalue weighted by Gasteiger charge is 2.02. The first-order chi connectivity index (χ1) is 6.24. The fourth-order valence-electron chi connectivity index (χ4n) is 0.948. The maximum absolute atomic E-state index is 9.05. The number of rotatable bonds is 4. The van der Waals surface area contributed by atoms with Gasteiger partial charge in [0.2, 0.25) is 0 Å². The molecule has 0 fully saturated rings. The molecule has 72 valence electrons. The molecule has 0 bridgehead atoms. The van der Waals surface area contributed by atoms with Gasteiger partial charge in [0.05, 0.1) is 6.10 Å². The second kappa shape index (κ2) is 5.14. The van der Waals surface area contributed by atoms with E-state index < -0.39 is 6.10 Å². The molecule has 0 radical (unpaired) electrons. The minimum atomic E-state index is -0.421. The van der Waals surface area contributed by atoms with Crippen LogP contribution in [-0.4, -0.2) is 24.1 Å². The van der Waals surface area contributed by atoms with Crippen molar-refractivity contribution in [3.05, 3.63) is 24.3 Å². The average Bonchev–Trinajstić information content (AvgIpc) is 2.15. The van der Waals surface area contributed by atoms with Crippen LogP contribution in [0.4, 0.5) is 0 Å². The quantitative estimate of drug-likeness (QED) is 0.752. The summed E-state index contributed by atoms with van der Waals surface area (Å²) in [4.78, 5) is 1.10. The van der Waals surface area contributed by atoms with Crippen LogP contribution in [0.2, 0.25) is 0 Å². The zero-order valence-electron chi connectivity index (χ0n) is 7.86. The highest BCUT2D eigenvalue weighted by Crippen LogP contribution is 2.26. The summed E-state index contributed by atoms with van der Waals surface area (Å²) in [5.74, 6) is 0.843. The van der Waals surface area contributed by atoms with E-state index in [9.17, 15) is 0 Å². The Labute approximate surface area is 82.9 Å². The molecule has 0 aliphatic heterocycles. The summed E-state index contributed by atoms with van der Waals surface area (Å²) in [7, 11) is 0. The van der Waals surface area contributed by atoms with Gasteiger partial charge in [0.1, 0.15) is 12.4 Å². The summed E-state index contributed by atoms with van der Waals surface area (Å²) in [6.45, 7) is 2.05. The number of ether oxygens (including phenoxy) is 1. The SMILES string of the molecule is CSc1ccccc1OC[C@@H](C)O. The Kier molecular flexibility index (Phi) is 4.12. The molecule has 2 nitrogen and oxygen atoms in total. The number of hydrogen-bond donors (Lipinski definition) is 1. The lowest BCUT2D eigenvalue weighted by Crippen LogP contribution is -2.12. The van der Waals surface area contributed by atoms with E-state index in [1.807, 2.05) is 30.5 Å². The van der Waals surface area contributed by atoms with Crippen molar-refractivity contribution in [3.8, 4) is 5.75 Å². The van der Waals surface area contributed by atoms with E-state index in [4.69, 9.17) is 9.84 Å². The number of thioether (sulfide) groups is 1. The first-order valence-corrected chi connectivity index (χ1v) is 5.40. The van der Waals surface area contributed by atoms with Crippen molar-refractivity contribution in [1.29, 1.82) is 0 Å². The van der Waals surface area contributed by atoms with Gasteiger partial charge in [-0.25, -0.2) is 0 Å².